The van der Waals surface area contributed by atoms with E-state index in [2.05, 4.69) is 0 Å². The predicted octanol–water partition coefficient (Wildman–Crippen LogP) is 3.55. The molecule has 0 aliphatic heterocycles. The molecule has 1 nitrogen and oxygen atoms in total. The van der Waals surface area contributed by atoms with E-state index in [1.165, 1.54) is 12.1 Å². The normalized spacial score (nSPS) is 25.2. The minimum absolute atomic E-state index is 0.0298. The highest BCUT2D eigenvalue weighted by Crippen LogP contribution is 2.44. The molecule has 4 heteroatoms. The average molecular weight is 243 g/mol. The van der Waals surface area contributed by atoms with Crippen LogP contribution in [0.25, 0.3) is 0 Å². The molecule has 2 N–H and O–H groups in total. The third-order valence-corrected chi connectivity index (χ3v) is 3.63. The van der Waals surface area contributed by atoms with Gasteiger partial charge in [-0.3, -0.25) is 0 Å². The van der Waals surface area contributed by atoms with Crippen LogP contribution in [-0.2, 0) is 6.18 Å². The van der Waals surface area contributed by atoms with Crippen LogP contribution in [-0.4, -0.2) is 6.54 Å². The third kappa shape index (κ3) is 2.46. The molecule has 94 valence electrons. The molecule has 1 saturated carbocycles. The molecule has 0 spiro atoms. The highest BCUT2D eigenvalue weighted by molar-refractivity contribution is 5.33. The predicted molar refractivity (Wildman–Crippen MR) is 60.6 cm³/mol. The highest BCUT2D eigenvalue weighted by Gasteiger charge is 2.37. The van der Waals surface area contributed by atoms with Crippen LogP contribution in [0.1, 0.15) is 36.3 Å². The van der Waals surface area contributed by atoms with E-state index in [0.717, 1.165) is 19.3 Å². The van der Waals surface area contributed by atoms with Gasteiger partial charge in [-0.15, -0.1) is 0 Å². The number of nitrogens with two attached hydrogens (primary N) is 1. The van der Waals surface area contributed by atoms with Crippen molar-refractivity contribution < 1.29 is 13.2 Å². The molecule has 2 atom stereocenters. The summed E-state index contributed by atoms with van der Waals surface area (Å²) < 4.78 is 38.7. The molecule has 0 saturated heterocycles. The van der Waals surface area contributed by atoms with E-state index in [9.17, 15) is 13.2 Å². The van der Waals surface area contributed by atoms with Crippen molar-refractivity contribution in [2.45, 2.75) is 31.4 Å². The van der Waals surface area contributed by atoms with E-state index in [1.54, 1.807) is 12.1 Å². The largest absolute Gasteiger partial charge is 0.416 e. The maximum atomic E-state index is 12.9. The molecule has 1 aromatic rings. The molecule has 1 aliphatic carbocycles. The Morgan fingerprint density at radius 1 is 1.18 bits per heavy atom. The topological polar surface area (TPSA) is 26.0 Å². The second kappa shape index (κ2) is 4.69. The Bertz CT molecular complexity index is 386. The van der Waals surface area contributed by atoms with Crippen LogP contribution in [0.3, 0.4) is 0 Å². The second-order valence-electron chi connectivity index (χ2n) is 4.62. The van der Waals surface area contributed by atoms with Gasteiger partial charge in [0.05, 0.1) is 5.56 Å². The number of hydrogen-bond acceptors (Lipinski definition) is 1. The van der Waals surface area contributed by atoms with Gasteiger partial charge in [0.15, 0.2) is 0 Å². The van der Waals surface area contributed by atoms with Gasteiger partial charge in [-0.05, 0) is 42.9 Å². The monoisotopic (exact) mass is 243 g/mol. The molecule has 0 radical (unpaired) electrons. The SMILES string of the molecule is NCC1CCCC1c1ccccc1C(F)(F)F. The second-order valence-corrected chi connectivity index (χ2v) is 4.62. The number of benzene rings is 1. The summed E-state index contributed by atoms with van der Waals surface area (Å²) in [6, 6.07) is 5.89. The Labute approximate surface area is 98.8 Å². The number of hydrogen-bond donors (Lipinski definition) is 1. The van der Waals surface area contributed by atoms with Crippen LogP contribution in [0.5, 0.6) is 0 Å². The molecule has 1 aromatic carbocycles. The summed E-state index contributed by atoms with van der Waals surface area (Å²) in [5, 5.41) is 0. The van der Waals surface area contributed by atoms with Crippen molar-refractivity contribution in [1.82, 2.24) is 0 Å². The lowest BCUT2D eigenvalue weighted by Crippen LogP contribution is -2.20. The summed E-state index contributed by atoms with van der Waals surface area (Å²) in [7, 11) is 0. The first-order valence-corrected chi connectivity index (χ1v) is 5.90. The molecule has 2 rings (SSSR count). The molecule has 0 amide bonds. The standard InChI is InChI=1S/C13H16F3N/c14-13(15,16)12-7-2-1-5-11(12)10-6-3-4-9(10)8-17/h1-2,5,7,9-10H,3-4,6,8,17H2. The maximum absolute atomic E-state index is 12.9. The van der Waals surface area contributed by atoms with Crippen molar-refractivity contribution in [1.29, 1.82) is 0 Å². The lowest BCUT2D eigenvalue weighted by atomic mass is 9.86. The van der Waals surface area contributed by atoms with Gasteiger partial charge >= 0.3 is 6.18 Å². The maximum Gasteiger partial charge on any atom is 0.416 e. The van der Waals surface area contributed by atoms with Gasteiger partial charge in [0.25, 0.3) is 0 Å². The van der Waals surface area contributed by atoms with E-state index in [4.69, 9.17) is 5.73 Å². The van der Waals surface area contributed by atoms with Crippen LogP contribution >= 0.6 is 0 Å². The van der Waals surface area contributed by atoms with Gasteiger partial charge in [0, 0.05) is 0 Å². The summed E-state index contributed by atoms with van der Waals surface area (Å²) in [4.78, 5) is 0. The van der Waals surface area contributed by atoms with Gasteiger partial charge in [0.1, 0.15) is 0 Å². The van der Waals surface area contributed by atoms with E-state index < -0.39 is 11.7 Å². The van der Waals surface area contributed by atoms with Gasteiger partial charge in [-0.25, -0.2) is 0 Å². The molecule has 2 unspecified atom stereocenters. The van der Waals surface area contributed by atoms with Crippen molar-refractivity contribution in [3.05, 3.63) is 35.4 Å². The number of alkyl halides is 3. The summed E-state index contributed by atoms with van der Waals surface area (Å²) in [6.45, 7) is 0.469. The van der Waals surface area contributed by atoms with Gasteiger partial charge in [-0.2, -0.15) is 13.2 Å². The summed E-state index contributed by atoms with van der Waals surface area (Å²) in [6.07, 6.45) is -1.54. The Morgan fingerprint density at radius 3 is 2.53 bits per heavy atom. The van der Waals surface area contributed by atoms with Crippen molar-refractivity contribution >= 4 is 0 Å². The molecule has 17 heavy (non-hydrogen) atoms. The van der Waals surface area contributed by atoms with Gasteiger partial charge < -0.3 is 5.73 Å². The quantitative estimate of drug-likeness (QED) is 0.844. The Kier molecular flexibility index (Phi) is 3.43. The van der Waals surface area contributed by atoms with Crippen molar-refractivity contribution in [2.75, 3.05) is 6.54 Å². The molecular weight excluding hydrogens is 227 g/mol. The zero-order chi connectivity index (χ0) is 12.5. The third-order valence-electron chi connectivity index (χ3n) is 3.63. The zero-order valence-electron chi connectivity index (χ0n) is 9.50. The van der Waals surface area contributed by atoms with Crippen LogP contribution < -0.4 is 5.73 Å². The van der Waals surface area contributed by atoms with E-state index in [0.29, 0.717) is 12.1 Å². The van der Waals surface area contributed by atoms with Crippen LogP contribution in [0.2, 0.25) is 0 Å². The van der Waals surface area contributed by atoms with E-state index >= 15 is 0 Å². The zero-order valence-corrected chi connectivity index (χ0v) is 9.50. The van der Waals surface area contributed by atoms with Crippen LogP contribution in [0, 0.1) is 5.92 Å². The molecule has 0 bridgehead atoms. The van der Waals surface area contributed by atoms with Crippen molar-refractivity contribution in [3.63, 3.8) is 0 Å². The molecule has 0 heterocycles. The molecular formula is C13H16F3N. The van der Waals surface area contributed by atoms with E-state index in [-0.39, 0.29) is 11.8 Å². The highest BCUT2D eigenvalue weighted by atomic mass is 19.4. The molecule has 0 aromatic heterocycles. The first kappa shape index (κ1) is 12.4. The fourth-order valence-electron chi connectivity index (χ4n) is 2.81. The first-order chi connectivity index (χ1) is 8.04. The molecule has 1 aliphatic rings. The lowest BCUT2D eigenvalue weighted by Gasteiger charge is -2.22. The number of rotatable bonds is 2. The number of halogens is 3. The summed E-state index contributed by atoms with van der Waals surface area (Å²) in [5.74, 6) is 0.163. The van der Waals surface area contributed by atoms with Crippen molar-refractivity contribution in [2.24, 2.45) is 11.7 Å². The average Bonchev–Trinajstić information content (AvgIpc) is 2.75. The minimum atomic E-state index is -4.27. The van der Waals surface area contributed by atoms with Gasteiger partial charge in [-0.1, -0.05) is 24.6 Å². The van der Waals surface area contributed by atoms with Crippen LogP contribution in [0.15, 0.2) is 24.3 Å². The lowest BCUT2D eigenvalue weighted by molar-refractivity contribution is -0.138. The van der Waals surface area contributed by atoms with E-state index in [1.807, 2.05) is 0 Å². The first-order valence-electron chi connectivity index (χ1n) is 5.90. The van der Waals surface area contributed by atoms with Crippen molar-refractivity contribution in [3.8, 4) is 0 Å². The fourth-order valence-corrected chi connectivity index (χ4v) is 2.81. The van der Waals surface area contributed by atoms with Crippen LogP contribution in [0.4, 0.5) is 13.2 Å². The summed E-state index contributed by atoms with van der Waals surface area (Å²) >= 11 is 0. The smallest absolute Gasteiger partial charge is 0.330 e. The minimum Gasteiger partial charge on any atom is -0.330 e. The fraction of sp³-hybridized carbons (Fsp3) is 0.538. The Balaban J connectivity index is 2.38. The summed E-state index contributed by atoms with van der Waals surface area (Å²) in [5.41, 5.74) is 5.57. The van der Waals surface area contributed by atoms with Gasteiger partial charge in [0.2, 0.25) is 0 Å². The molecule has 1 fully saturated rings. The Hall–Kier alpha value is -1.03. The Morgan fingerprint density at radius 2 is 1.88 bits per heavy atom.